The monoisotopic (exact) mass is 448 g/mol. The van der Waals surface area contributed by atoms with Gasteiger partial charge in [0.2, 0.25) is 11.8 Å². The van der Waals surface area contributed by atoms with E-state index in [-0.39, 0.29) is 17.2 Å². The lowest BCUT2D eigenvalue weighted by Crippen LogP contribution is -2.36. The fourth-order valence-electron chi connectivity index (χ4n) is 3.30. The summed E-state index contributed by atoms with van der Waals surface area (Å²) in [4.78, 5) is 23.6. The highest BCUT2D eigenvalue weighted by Gasteiger charge is 2.22. The molecule has 0 unspecified atom stereocenters. The minimum Gasteiger partial charge on any atom is -0.494 e. The van der Waals surface area contributed by atoms with Crippen molar-refractivity contribution in [3.8, 4) is 5.75 Å². The van der Waals surface area contributed by atoms with Gasteiger partial charge in [0.25, 0.3) is 0 Å². The number of benzene rings is 2. The lowest BCUT2D eigenvalue weighted by molar-refractivity contribution is -0.121. The van der Waals surface area contributed by atoms with Crippen molar-refractivity contribution in [1.29, 1.82) is 0 Å². The van der Waals surface area contributed by atoms with Crippen molar-refractivity contribution in [3.63, 3.8) is 0 Å². The van der Waals surface area contributed by atoms with Crippen LogP contribution in [0.3, 0.4) is 0 Å². The van der Waals surface area contributed by atoms with Gasteiger partial charge in [0.1, 0.15) is 5.75 Å². The van der Waals surface area contributed by atoms with Gasteiger partial charge in [-0.1, -0.05) is 43.1 Å². The first-order chi connectivity index (χ1) is 14.2. The van der Waals surface area contributed by atoms with Crippen molar-refractivity contribution in [2.24, 2.45) is 0 Å². The molecule has 5 nitrogen and oxygen atoms in total. The van der Waals surface area contributed by atoms with Crippen LogP contribution in [0.5, 0.6) is 5.75 Å². The molecule has 0 radical (unpaired) electrons. The van der Waals surface area contributed by atoms with Crippen LogP contribution >= 0.6 is 23.2 Å². The molecule has 0 aliphatic carbocycles. The number of anilines is 1. The second-order valence-electron chi connectivity index (χ2n) is 8.11. The molecule has 0 saturated heterocycles. The highest BCUT2D eigenvalue weighted by molar-refractivity contribution is 6.42. The first-order valence-electron chi connectivity index (χ1n) is 10.0. The third kappa shape index (κ3) is 5.89. The maximum absolute atomic E-state index is 12.2. The van der Waals surface area contributed by atoms with Gasteiger partial charge in [0.05, 0.1) is 16.7 Å². The summed E-state index contributed by atoms with van der Waals surface area (Å²) >= 11 is 12.1. The average molecular weight is 449 g/mol. The Labute approximate surface area is 187 Å². The number of fused-ring (bicyclic) bond motifs is 1. The number of carbonyl (C=O) groups excluding carboxylic acids is 2. The molecule has 1 heterocycles. The van der Waals surface area contributed by atoms with E-state index < -0.39 is 0 Å². The molecule has 0 atom stereocenters. The Kier molecular flexibility index (Phi) is 7.27. The Balaban J connectivity index is 1.41. The fourth-order valence-corrected chi connectivity index (χ4v) is 3.60. The Morgan fingerprint density at radius 3 is 2.70 bits per heavy atom. The van der Waals surface area contributed by atoms with Crippen LogP contribution in [-0.4, -0.2) is 25.0 Å². The Morgan fingerprint density at radius 2 is 1.93 bits per heavy atom. The van der Waals surface area contributed by atoms with Gasteiger partial charge in [-0.2, -0.15) is 0 Å². The predicted octanol–water partition coefficient (Wildman–Crippen LogP) is 5.13. The van der Waals surface area contributed by atoms with E-state index in [0.717, 1.165) is 29.0 Å². The van der Waals surface area contributed by atoms with Crippen LogP contribution in [0.25, 0.3) is 0 Å². The maximum atomic E-state index is 12.2. The third-order valence-electron chi connectivity index (χ3n) is 5.22. The number of hydrogen-bond donors (Lipinski definition) is 2. The summed E-state index contributed by atoms with van der Waals surface area (Å²) < 4.78 is 5.77. The predicted molar refractivity (Wildman–Crippen MR) is 121 cm³/mol. The van der Waals surface area contributed by atoms with Gasteiger partial charge in [-0.3, -0.25) is 9.59 Å². The van der Waals surface area contributed by atoms with Crippen LogP contribution in [0.15, 0.2) is 36.4 Å². The number of carbonyl (C=O) groups is 2. The molecular formula is C23H26Cl2N2O3. The first kappa shape index (κ1) is 22.4. The van der Waals surface area contributed by atoms with Crippen molar-refractivity contribution < 1.29 is 14.3 Å². The zero-order valence-electron chi connectivity index (χ0n) is 17.2. The minimum absolute atomic E-state index is 0.0140. The van der Waals surface area contributed by atoms with Gasteiger partial charge in [-0.15, -0.1) is 0 Å². The fraction of sp³-hybridized carbons (Fsp3) is 0.391. The maximum Gasteiger partial charge on any atom is 0.224 e. The van der Waals surface area contributed by atoms with E-state index in [0.29, 0.717) is 42.5 Å². The van der Waals surface area contributed by atoms with Gasteiger partial charge in [0.15, 0.2) is 0 Å². The second-order valence-corrected chi connectivity index (χ2v) is 8.92. The number of rotatable bonds is 8. The van der Waals surface area contributed by atoms with E-state index in [1.165, 1.54) is 0 Å². The molecule has 0 spiro atoms. The lowest BCUT2D eigenvalue weighted by Gasteiger charge is -2.26. The van der Waals surface area contributed by atoms with Crippen molar-refractivity contribution in [2.45, 2.75) is 44.9 Å². The average Bonchev–Trinajstić information content (AvgIpc) is 2.71. The van der Waals surface area contributed by atoms with Crippen LogP contribution in [0, 0.1) is 0 Å². The van der Waals surface area contributed by atoms with Gasteiger partial charge >= 0.3 is 0 Å². The summed E-state index contributed by atoms with van der Waals surface area (Å²) in [6, 6.07) is 11.2. The SMILES string of the molecule is CC(C)(CNC(=O)CCCOc1ccc2c(c1)CCC(=O)N2)c1ccc(Cl)c(Cl)c1. The number of hydrogen-bond acceptors (Lipinski definition) is 3. The van der Waals surface area contributed by atoms with Crippen LogP contribution in [0.2, 0.25) is 10.0 Å². The number of nitrogens with one attached hydrogen (secondary N) is 2. The Hall–Kier alpha value is -2.24. The lowest BCUT2D eigenvalue weighted by atomic mass is 9.84. The molecule has 2 N–H and O–H groups in total. The molecule has 0 bridgehead atoms. The number of halogens is 2. The summed E-state index contributed by atoms with van der Waals surface area (Å²) in [6.07, 6.45) is 2.22. The molecular weight excluding hydrogens is 423 g/mol. The van der Waals surface area contributed by atoms with Crippen molar-refractivity contribution in [1.82, 2.24) is 5.32 Å². The first-order valence-corrected chi connectivity index (χ1v) is 10.8. The minimum atomic E-state index is -0.265. The zero-order chi connectivity index (χ0) is 21.7. The van der Waals surface area contributed by atoms with E-state index in [4.69, 9.17) is 27.9 Å². The van der Waals surface area contributed by atoms with Crippen molar-refractivity contribution in [3.05, 3.63) is 57.6 Å². The molecule has 1 aliphatic rings. The molecule has 2 aromatic carbocycles. The Bertz CT molecular complexity index is 944. The molecule has 2 amide bonds. The summed E-state index contributed by atoms with van der Waals surface area (Å²) in [7, 11) is 0. The summed E-state index contributed by atoms with van der Waals surface area (Å²) in [5, 5.41) is 6.87. The van der Waals surface area contributed by atoms with E-state index in [1.54, 1.807) is 6.07 Å². The van der Waals surface area contributed by atoms with Crippen LogP contribution < -0.4 is 15.4 Å². The quantitative estimate of drug-likeness (QED) is 0.549. The summed E-state index contributed by atoms with van der Waals surface area (Å²) in [5.74, 6) is 0.787. The summed E-state index contributed by atoms with van der Waals surface area (Å²) in [5.41, 5.74) is 2.68. The van der Waals surface area contributed by atoms with Crippen molar-refractivity contribution >= 4 is 40.7 Å². The van der Waals surface area contributed by atoms with Gasteiger partial charge < -0.3 is 15.4 Å². The molecule has 0 aromatic heterocycles. The Morgan fingerprint density at radius 1 is 1.13 bits per heavy atom. The molecule has 0 saturated carbocycles. The normalized spacial score (nSPS) is 13.4. The van der Waals surface area contributed by atoms with E-state index >= 15 is 0 Å². The summed E-state index contributed by atoms with van der Waals surface area (Å²) in [6.45, 7) is 5.05. The van der Waals surface area contributed by atoms with Crippen molar-refractivity contribution in [2.75, 3.05) is 18.5 Å². The largest absolute Gasteiger partial charge is 0.494 e. The molecule has 3 rings (SSSR count). The number of amides is 2. The van der Waals surface area contributed by atoms with Gasteiger partial charge in [0, 0.05) is 30.5 Å². The standard InChI is InChI=1S/C23H26Cl2N2O3/c1-23(2,16-6-8-18(24)19(25)13-16)14-26-21(28)4-3-11-30-17-7-9-20-15(12-17)5-10-22(29)27-20/h6-9,12-13H,3-5,10-11,14H2,1-2H3,(H,26,28)(H,27,29). The third-order valence-corrected chi connectivity index (χ3v) is 5.96. The molecule has 2 aromatic rings. The van der Waals surface area contributed by atoms with E-state index in [9.17, 15) is 9.59 Å². The highest BCUT2D eigenvalue weighted by atomic mass is 35.5. The second kappa shape index (κ2) is 9.71. The molecule has 160 valence electrons. The smallest absolute Gasteiger partial charge is 0.224 e. The van der Waals surface area contributed by atoms with E-state index in [1.807, 2.05) is 30.3 Å². The number of aryl methyl sites for hydroxylation is 1. The van der Waals surface area contributed by atoms with E-state index in [2.05, 4.69) is 24.5 Å². The molecule has 30 heavy (non-hydrogen) atoms. The van der Waals surface area contributed by atoms with Crippen LogP contribution in [0.4, 0.5) is 5.69 Å². The number of ether oxygens (including phenoxy) is 1. The topological polar surface area (TPSA) is 67.4 Å². The molecule has 1 aliphatic heterocycles. The highest BCUT2D eigenvalue weighted by Crippen LogP contribution is 2.30. The van der Waals surface area contributed by atoms with Crippen LogP contribution in [0.1, 0.15) is 44.2 Å². The van der Waals surface area contributed by atoms with Crippen LogP contribution in [-0.2, 0) is 21.4 Å². The molecule has 0 fully saturated rings. The molecule has 7 heteroatoms. The van der Waals surface area contributed by atoms with Gasteiger partial charge in [-0.05, 0) is 54.3 Å². The zero-order valence-corrected chi connectivity index (χ0v) is 18.7. The van der Waals surface area contributed by atoms with Gasteiger partial charge in [-0.25, -0.2) is 0 Å².